The molecule has 1 aromatic carbocycles. The molecule has 4 atom stereocenters. The van der Waals surface area contributed by atoms with E-state index in [4.69, 9.17) is 21.5 Å². The van der Waals surface area contributed by atoms with E-state index < -0.39 is 40.3 Å². The number of benzene rings is 1. The lowest BCUT2D eigenvalue weighted by Crippen LogP contribution is -2.46. The van der Waals surface area contributed by atoms with Gasteiger partial charge in [0.15, 0.2) is 11.5 Å². The Morgan fingerprint density at radius 2 is 1.95 bits per heavy atom. The highest BCUT2D eigenvalue weighted by atomic mass is 19.1. The summed E-state index contributed by atoms with van der Waals surface area (Å²) >= 11 is 0. The number of nitrogens with two attached hydrogens (primary N) is 2. The van der Waals surface area contributed by atoms with Gasteiger partial charge in [0.2, 0.25) is 0 Å². The molecule has 1 saturated carbocycles. The van der Waals surface area contributed by atoms with Crippen LogP contribution in [0.5, 0.6) is 0 Å². The first-order chi connectivity index (χ1) is 18.2. The van der Waals surface area contributed by atoms with Gasteiger partial charge < -0.3 is 21.5 Å². The zero-order valence-corrected chi connectivity index (χ0v) is 20.6. The highest BCUT2D eigenvalue weighted by Gasteiger charge is 2.36. The zero-order valence-electron chi connectivity index (χ0n) is 20.6. The lowest BCUT2D eigenvalue weighted by Gasteiger charge is -2.39. The van der Waals surface area contributed by atoms with Gasteiger partial charge in [-0.2, -0.15) is 5.26 Å². The number of nitrogens with one attached hydrogen (secondary N) is 1. The summed E-state index contributed by atoms with van der Waals surface area (Å²) in [4.78, 5) is 21.2. The van der Waals surface area contributed by atoms with Crippen LogP contribution in [0.4, 0.5) is 24.5 Å². The van der Waals surface area contributed by atoms with Crippen LogP contribution in [-0.4, -0.2) is 34.6 Å². The Morgan fingerprint density at radius 3 is 2.63 bits per heavy atom. The smallest absolute Gasteiger partial charge is 0.276 e. The number of carbonyl (C=O) groups is 1. The molecule has 0 bridgehead atoms. The molecule has 8 nitrogen and oxygen atoms in total. The van der Waals surface area contributed by atoms with E-state index in [0.717, 1.165) is 29.8 Å². The second kappa shape index (κ2) is 11.6. The Balaban J connectivity index is 1.59. The number of halogens is 3. The standard InChI is InChI=1S/C27H27F3N6O2/c1-14-10-15(11-21(33)26(14)38-9-3-7-31)16-6-8-34-13-22(16)35-27(37)25-20(32)12-19(30)24(36-25)23-17(28)4-2-5-18(23)29/h2,4-6,8,12-15,21,26H,3,9-11,32-33H2,1H3,(H,35,37)/t14-,15+,21+,26-/m0/s1. The molecule has 2 heterocycles. The Labute approximate surface area is 217 Å². The number of anilines is 2. The lowest BCUT2D eigenvalue weighted by molar-refractivity contribution is -0.0198. The van der Waals surface area contributed by atoms with Crippen molar-refractivity contribution in [2.24, 2.45) is 11.7 Å². The van der Waals surface area contributed by atoms with Crippen LogP contribution in [0.25, 0.3) is 11.3 Å². The summed E-state index contributed by atoms with van der Waals surface area (Å²) in [5, 5.41) is 11.5. The fourth-order valence-electron chi connectivity index (χ4n) is 4.98. The van der Waals surface area contributed by atoms with E-state index in [1.807, 2.05) is 6.92 Å². The topological polar surface area (TPSA) is 140 Å². The van der Waals surface area contributed by atoms with Gasteiger partial charge in [-0.05, 0) is 48.4 Å². The summed E-state index contributed by atoms with van der Waals surface area (Å²) in [5.74, 6) is -3.86. The van der Waals surface area contributed by atoms with Gasteiger partial charge in [-0.3, -0.25) is 9.78 Å². The van der Waals surface area contributed by atoms with E-state index in [1.54, 1.807) is 12.3 Å². The van der Waals surface area contributed by atoms with Crippen molar-refractivity contribution in [2.75, 3.05) is 17.7 Å². The molecule has 38 heavy (non-hydrogen) atoms. The van der Waals surface area contributed by atoms with Crippen molar-refractivity contribution in [1.29, 1.82) is 5.26 Å². The highest BCUT2D eigenvalue weighted by molar-refractivity contribution is 6.07. The Morgan fingerprint density at radius 1 is 1.21 bits per heavy atom. The maximum atomic E-state index is 14.6. The zero-order chi connectivity index (χ0) is 27.4. The number of nitrogens with zero attached hydrogens (tertiary/aromatic N) is 3. The first-order valence-electron chi connectivity index (χ1n) is 12.1. The number of rotatable bonds is 7. The molecule has 11 heteroatoms. The molecular weight excluding hydrogens is 497 g/mol. The van der Waals surface area contributed by atoms with Crippen molar-refractivity contribution < 1.29 is 22.7 Å². The molecule has 0 aliphatic heterocycles. The van der Waals surface area contributed by atoms with Crippen molar-refractivity contribution >= 4 is 17.3 Å². The lowest BCUT2D eigenvalue weighted by atomic mass is 9.74. The minimum Gasteiger partial charge on any atom is -0.397 e. The molecule has 0 unspecified atom stereocenters. The number of nitrogen functional groups attached to an aromatic ring is 1. The van der Waals surface area contributed by atoms with Crippen molar-refractivity contribution in [1.82, 2.24) is 9.97 Å². The van der Waals surface area contributed by atoms with Crippen LogP contribution in [0, 0.1) is 34.7 Å². The van der Waals surface area contributed by atoms with E-state index in [1.165, 1.54) is 6.20 Å². The minimum atomic E-state index is -1.07. The number of hydrogen-bond acceptors (Lipinski definition) is 7. The molecular formula is C27H27F3N6O2. The summed E-state index contributed by atoms with van der Waals surface area (Å²) in [6.07, 6.45) is 4.44. The van der Waals surface area contributed by atoms with Crippen molar-refractivity contribution in [3.8, 4) is 17.3 Å². The third kappa shape index (κ3) is 5.61. The molecule has 3 aromatic rings. The molecule has 1 aliphatic rings. The fraction of sp³-hybridized carbons (Fsp3) is 0.333. The normalized spacial score (nSPS) is 21.1. The number of carbonyl (C=O) groups excluding carboxylic acids is 1. The molecule has 198 valence electrons. The number of amides is 1. The molecule has 5 N–H and O–H groups in total. The Kier molecular flexibility index (Phi) is 8.24. The highest BCUT2D eigenvalue weighted by Crippen LogP contribution is 2.40. The van der Waals surface area contributed by atoms with Gasteiger partial charge in [0, 0.05) is 18.3 Å². The second-order valence-corrected chi connectivity index (χ2v) is 9.32. The van der Waals surface area contributed by atoms with E-state index in [-0.39, 0.29) is 36.1 Å². The summed E-state index contributed by atoms with van der Waals surface area (Å²) in [5.41, 5.74) is 11.4. The Bertz CT molecular complexity index is 1350. The van der Waals surface area contributed by atoms with Crippen LogP contribution in [-0.2, 0) is 4.74 Å². The fourth-order valence-corrected chi connectivity index (χ4v) is 4.98. The summed E-state index contributed by atoms with van der Waals surface area (Å²) in [6.45, 7) is 2.33. The van der Waals surface area contributed by atoms with E-state index in [0.29, 0.717) is 25.1 Å². The largest absolute Gasteiger partial charge is 0.397 e. The molecule has 2 aromatic heterocycles. The quantitative estimate of drug-likeness (QED) is 0.386. The van der Waals surface area contributed by atoms with Crippen molar-refractivity contribution in [3.63, 3.8) is 0 Å². The number of ether oxygens (including phenoxy) is 1. The van der Waals surface area contributed by atoms with Crippen molar-refractivity contribution in [3.05, 3.63) is 71.4 Å². The van der Waals surface area contributed by atoms with Gasteiger partial charge in [0.1, 0.15) is 17.3 Å². The maximum Gasteiger partial charge on any atom is 0.276 e. The SMILES string of the molecule is C[C@H]1C[C@@H](c2ccncc2NC(=O)c2nc(-c3c(F)cccc3F)c(F)cc2N)C[C@@H](N)[C@H]1OCCC#N. The van der Waals surface area contributed by atoms with Gasteiger partial charge in [-0.25, -0.2) is 18.2 Å². The van der Waals surface area contributed by atoms with Gasteiger partial charge in [0.25, 0.3) is 5.91 Å². The number of aromatic nitrogens is 2. The predicted octanol–water partition coefficient (Wildman–Crippen LogP) is 4.54. The van der Waals surface area contributed by atoms with Gasteiger partial charge in [0.05, 0.1) is 48.3 Å². The molecule has 1 aliphatic carbocycles. The molecule has 4 rings (SSSR count). The molecule has 0 spiro atoms. The van der Waals surface area contributed by atoms with E-state index in [9.17, 15) is 18.0 Å². The van der Waals surface area contributed by atoms with Crippen LogP contribution in [0.3, 0.4) is 0 Å². The number of nitriles is 1. The van der Waals surface area contributed by atoms with E-state index in [2.05, 4.69) is 21.4 Å². The number of pyridine rings is 2. The Hall–Kier alpha value is -4.01. The first kappa shape index (κ1) is 27.0. The van der Waals surface area contributed by atoms with Crippen molar-refractivity contribution in [2.45, 2.75) is 44.2 Å². The average molecular weight is 525 g/mol. The van der Waals surface area contributed by atoms with Crippen LogP contribution in [0.2, 0.25) is 0 Å². The van der Waals surface area contributed by atoms with E-state index >= 15 is 0 Å². The van der Waals surface area contributed by atoms with Gasteiger partial charge >= 0.3 is 0 Å². The monoisotopic (exact) mass is 524 g/mol. The first-order valence-corrected chi connectivity index (χ1v) is 12.1. The molecule has 1 fully saturated rings. The summed E-state index contributed by atoms with van der Waals surface area (Å²) in [6, 6.07) is 7.42. The molecule has 1 amide bonds. The predicted molar refractivity (Wildman–Crippen MR) is 135 cm³/mol. The van der Waals surface area contributed by atoms with Crippen LogP contribution >= 0.6 is 0 Å². The van der Waals surface area contributed by atoms with Gasteiger partial charge in [-0.15, -0.1) is 0 Å². The third-order valence-corrected chi connectivity index (χ3v) is 6.68. The van der Waals surface area contributed by atoms with Crippen LogP contribution < -0.4 is 16.8 Å². The minimum absolute atomic E-state index is 0.0317. The third-order valence-electron chi connectivity index (χ3n) is 6.68. The van der Waals surface area contributed by atoms with Gasteiger partial charge in [-0.1, -0.05) is 13.0 Å². The summed E-state index contributed by atoms with van der Waals surface area (Å²) in [7, 11) is 0. The molecule has 0 radical (unpaired) electrons. The molecule has 0 saturated heterocycles. The van der Waals surface area contributed by atoms with Crippen LogP contribution in [0.15, 0.2) is 42.7 Å². The van der Waals surface area contributed by atoms with Crippen LogP contribution in [0.1, 0.15) is 48.2 Å². The maximum absolute atomic E-state index is 14.6. The number of hydrogen-bond donors (Lipinski definition) is 3. The second-order valence-electron chi connectivity index (χ2n) is 9.32. The average Bonchev–Trinajstić information content (AvgIpc) is 2.87. The summed E-state index contributed by atoms with van der Waals surface area (Å²) < 4.78 is 49.1.